The van der Waals surface area contributed by atoms with Crippen LogP contribution in [0.2, 0.25) is 10.0 Å². The van der Waals surface area contributed by atoms with Crippen LogP contribution in [0.3, 0.4) is 0 Å². The summed E-state index contributed by atoms with van der Waals surface area (Å²) < 4.78 is 1.74. The molecule has 1 N–H and O–H groups in total. The molecular formula is C20H18Cl2N4O2. The van der Waals surface area contributed by atoms with Crippen LogP contribution in [0.25, 0.3) is 11.1 Å². The van der Waals surface area contributed by atoms with Gasteiger partial charge in [0.1, 0.15) is 5.69 Å². The molecule has 1 unspecified atom stereocenters. The van der Waals surface area contributed by atoms with Gasteiger partial charge in [-0.2, -0.15) is 5.10 Å². The third kappa shape index (κ3) is 3.17. The minimum atomic E-state index is -0.700. The second-order valence-electron chi connectivity index (χ2n) is 6.86. The molecule has 3 heterocycles. The van der Waals surface area contributed by atoms with Crippen LogP contribution < -0.4 is 4.90 Å². The van der Waals surface area contributed by atoms with Crippen molar-refractivity contribution in [3.05, 3.63) is 64.2 Å². The molecule has 144 valence electrons. The summed E-state index contributed by atoms with van der Waals surface area (Å²) in [5, 5.41) is 15.1. The van der Waals surface area contributed by atoms with Crippen molar-refractivity contribution < 1.29 is 9.90 Å². The van der Waals surface area contributed by atoms with Crippen molar-refractivity contribution in [3.8, 4) is 11.1 Å². The summed E-state index contributed by atoms with van der Waals surface area (Å²) in [7, 11) is 0. The van der Waals surface area contributed by atoms with Crippen molar-refractivity contribution in [3.63, 3.8) is 0 Å². The topological polar surface area (TPSA) is 71.2 Å². The molecule has 2 atom stereocenters. The lowest BCUT2D eigenvalue weighted by Gasteiger charge is -2.32. The van der Waals surface area contributed by atoms with E-state index in [4.69, 9.17) is 23.2 Å². The Bertz CT molecular complexity index is 1060. The molecular weight excluding hydrogens is 399 g/mol. The van der Waals surface area contributed by atoms with Crippen molar-refractivity contribution in [1.29, 1.82) is 0 Å². The van der Waals surface area contributed by atoms with Crippen molar-refractivity contribution in [2.75, 3.05) is 11.4 Å². The Morgan fingerprint density at radius 2 is 2.00 bits per heavy atom. The van der Waals surface area contributed by atoms with Crippen LogP contribution >= 0.6 is 23.2 Å². The number of carbonyl (C=O) groups is 1. The number of nitrogens with zero attached hydrogens (tertiary/aromatic N) is 4. The minimum Gasteiger partial charge on any atom is -0.387 e. The first kappa shape index (κ1) is 18.9. The first-order valence-corrected chi connectivity index (χ1v) is 9.61. The molecule has 0 saturated heterocycles. The van der Waals surface area contributed by atoms with Crippen LogP contribution in [0.4, 0.5) is 5.69 Å². The fourth-order valence-electron chi connectivity index (χ4n) is 3.39. The minimum absolute atomic E-state index is 0.0195. The average Bonchev–Trinajstić information content (AvgIpc) is 3.13. The Morgan fingerprint density at radius 3 is 2.71 bits per heavy atom. The van der Waals surface area contributed by atoms with Gasteiger partial charge in [0, 0.05) is 24.0 Å². The monoisotopic (exact) mass is 416 g/mol. The summed E-state index contributed by atoms with van der Waals surface area (Å²) in [5.41, 5.74) is 3.20. The third-order valence-electron chi connectivity index (χ3n) is 4.84. The molecule has 1 aromatic carbocycles. The highest BCUT2D eigenvalue weighted by Crippen LogP contribution is 2.35. The number of hydrogen-bond donors (Lipinski definition) is 1. The SMILES string of the molecule is CC(O)c1cc(-c2cnn3c2C(=O)N(c2ccc(Cl)c(Cl)c2)C[C@@H]3C)ccn1. The van der Waals surface area contributed by atoms with E-state index in [9.17, 15) is 9.90 Å². The third-order valence-corrected chi connectivity index (χ3v) is 5.58. The van der Waals surface area contributed by atoms with E-state index in [1.807, 2.05) is 6.92 Å². The molecule has 3 aromatic rings. The van der Waals surface area contributed by atoms with Gasteiger partial charge in [-0.25, -0.2) is 0 Å². The number of hydrogen-bond acceptors (Lipinski definition) is 4. The fraction of sp³-hybridized carbons (Fsp3) is 0.250. The normalized spacial score (nSPS) is 17.5. The van der Waals surface area contributed by atoms with Crippen molar-refractivity contribution in [2.24, 2.45) is 0 Å². The lowest BCUT2D eigenvalue weighted by molar-refractivity contribution is 0.0954. The number of anilines is 1. The summed E-state index contributed by atoms with van der Waals surface area (Å²) >= 11 is 12.2. The first-order chi connectivity index (χ1) is 13.4. The molecule has 0 fully saturated rings. The molecule has 0 spiro atoms. The number of carbonyl (C=O) groups excluding carboxylic acids is 1. The zero-order valence-electron chi connectivity index (χ0n) is 15.3. The van der Waals surface area contributed by atoms with Gasteiger partial charge in [0.15, 0.2) is 0 Å². The number of fused-ring (bicyclic) bond motifs is 1. The van der Waals surface area contributed by atoms with Gasteiger partial charge in [-0.15, -0.1) is 0 Å². The number of benzene rings is 1. The number of aromatic nitrogens is 3. The van der Waals surface area contributed by atoms with Crippen LogP contribution in [-0.2, 0) is 0 Å². The number of amides is 1. The number of halogens is 2. The van der Waals surface area contributed by atoms with E-state index >= 15 is 0 Å². The molecule has 1 aliphatic heterocycles. The molecule has 0 bridgehead atoms. The van der Waals surface area contributed by atoms with Crippen LogP contribution in [0.1, 0.15) is 42.2 Å². The molecule has 1 aliphatic rings. The molecule has 0 aliphatic carbocycles. The number of rotatable bonds is 3. The summed E-state index contributed by atoms with van der Waals surface area (Å²) in [6.07, 6.45) is 2.60. The van der Waals surface area contributed by atoms with E-state index in [1.165, 1.54) is 0 Å². The maximum Gasteiger partial charge on any atom is 0.277 e. The summed E-state index contributed by atoms with van der Waals surface area (Å²) in [5.74, 6) is -0.167. The van der Waals surface area contributed by atoms with Gasteiger partial charge in [0.05, 0.1) is 34.1 Å². The summed E-state index contributed by atoms with van der Waals surface area (Å²) in [6.45, 7) is 4.13. The van der Waals surface area contributed by atoms with E-state index in [1.54, 1.807) is 59.2 Å². The Labute approximate surface area is 172 Å². The Kier molecular flexibility index (Phi) is 4.87. The quantitative estimate of drug-likeness (QED) is 0.680. The van der Waals surface area contributed by atoms with Crippen molar-refractivity contribution >= 4 is 34.8 Å². The molecule has 0 saturated carbocycles. The average molecular weight is 417 g/mol. The Balaban J connectivity index is 1.80. The van der Waals surface area contributed by atoms with Crippen LogP contribution in [-0.4, -0.2) is 32.3 Å². The van der Waals surface area contributed by atoms with Gasteiger partial charge < -0.3 is 10.0 Å². The van der Waals surface area contributed by atoms with Gasteiger partial charge in [0.2, 0.25) is 0 Å². The highest BCUT2D eigenvalue weighted by atomic mass is 35.5. The Morgan fingerprint density at radius 1 is 1.21 bits per heavy atom. The molecule has 6 nitrogen and oxygen atoms in total. The summed E-state index contributed by atoms with van der Waals surface area (Å²) in [6, 6.07) is 8.72. The fourth-order valence-corrected chi connectivity index (χ4v) is 3.69. The van der Waals surface area contributed by atoms with E-state index in [2.05, 4.69) is 10.1 Å². The molecule has 4 rings (SSSR count). The van der Waals surface area contributed by atoms with Crippen LogP contribution in [0, 0.1) is 0 Å². The second-order valence-corrected chi connectivity index (χ2v) is 7.67. The zero-order chi connectivity index (χ0) is 20.0. The maximum absolute atomic E-state index is 13.4. The van der Waals surface area contributed by atoms with Crippen LogP contribution in [0.5, 0.6) is 0 Å². The smallest absolute Gasteiger partial charge is 0.277 e. The highest BCUT2D eigenvalue weighted by Gasteiger charge is 2.34. The van der Waals surface area contributed by atoms with Crippen LogP contribution in [0.15, 0.2) is 42.7 Å². The predicted molar refractivity (Wildman–Crippen MR) is 109 cm³/mol. The van der Waals surface area contributed by atoms with E-state index in [-0.39, 0.29) is 11.9 Å². The lowest BCUT2D eigenvalue weighted by atomic mass is 10.0. The lowest BCUT2D eigenvalue weighted by Crippen LogP contribution is -2.42. The summed E-state index contributed by atoms with van der Waals surface area (Å²) in [4.78, 5) is 19.2. The molecule has 28 heavy (non-hydrogen) atoms. The van der Waals surface area contributed by atoms with E-state index in [0.717, 1.165) is 5.56 Å². The molecule has 2 aromatic heterocycles. The number of pyridine rings is 1. The van der Waals surface area contributed by atoms with E-state index < -0.39 is 6.10 Å². The van der Waals surface area contributed by atoms with Crippen molar-refractivity contribution in [1.82, 2.24) is 14.8 Å². The standard InChI is InChI=1S/C20H18Cl2N4O2/c1-11-10-25(14-3-4-16(21)17(22)8-14)20(28)19-15(9-24-26(11)19)13-5-6-23-18(7-13)12(2)27/h3-9,11-12,27H,10H2,1-2H3/t11-,12?/m0/s1. The molecule has 0 radical (unpaired) electrons. The van der Waals surface area contributed by atoms with Gasteiger partial charge in [-0.05, 0) is 49.7 Å². The van der Waals surface area contributed by atoms with Crippen molar-refractivity contribution in [2.45, 2.75) is 26.0 Å². The second kappa shape index (κ2) is 7.20. The van der Waals surface area contributed by atoms with Gasteiger partial charge in [-0.1, -0.05) is 23.2 Å². The number of aliphatic hydroxyl groups excluding tert-OH is 1. The zero-order valence-corrected chi connectivity index (χ0v) is 16.8. The first-order valence-electron chi connectivity index (χ1n) is 8.85. The maximum atomic E-state index is 13.4. The van der Waals surface area contributed by atoms with Gasteiger partial charge >= 0.3 is 0 Å². The van der Waals surface area contributed by atoms with Gasteiger partial charge in [-0.3, -0.25) is 14.5 Å². The van der Waals surface area contributed by atoms with E-state index in [0.29, 0.717) is 39.2 Å². The highest BCUT2D eigenvalue weighted by molar-refractivity contribution is 6.42. The Hall–Kier alpha value is -2.41. The molecule has 1 amide bonds. The predicted octanol–water partition coefficient (Wildman–Crippen LogP) is 4.53. The van der Waals surface area contributed by atoms with Gasteiger partial charge in [0.25, 0.3) is 5.91 Å². The molecule has 8 heteroatoms. The largest absolute Gasteiger partial charge is 0.387 e. The number of aliphatic hydroxyl groups is 1.